The Morgan fingerprint density at radius 3 is 1.44 bits per heavy atom. The van der Waals surface area contributed by atoms with E-state index in [1.165, 1.54) is 95.0 Å². The fourth-order valence-corrected chi connectivity index (χ4v) is 9.70. The molecule has 0 unspecified atom stereocenters. The van der Waals surface area contributed by atoms with Gasteiger partial charge in [-0.25, -0.2) is 0 Å². The average Bonchev–Trinajstić information content (AvgIpc) is 3.22. The van der Waals surface area contributed by atoms with Crippen molar-refractivity contribution in [3.63, 3.8) is 0 Å². The highest BCUT2D eigenvalue weighted by atomic mass is 15.2. The van der Waals surface area contributed by atoms with Crippen molar-refractivity contribution in [1.82, 2.24) is 0 Å². The van der Waals surface area contributed by atoms with Gasteiger partial charge in [0.15, 0.2) is 0 Å². The van der Waals surface area contributed by atoms with Gasteiger partial charge in [-0.05, 0) is 127 Å². The largest absolute Gasteiger partial charge is 0.311 e. The van der Waals surface area contributed by atoms with Crippen LogP contribution >= 0.6 is 0 Å². The average molecular weight is 797 g/mol. The van der Waals surface area contributed by atoms with E-state index >= 15 is 0 Å². The Kier molecular flexibility index (Phi) is 9.59. The zero-order chi connectivity index (χ0) is 43.2. The number of anilines is 6. The minimum Gasteiger partial charge on any atom is -0.311 e. The van der Waals surface area contributed by atoms with Crippen LogP contribution in [-0.2, 0) is 21.7 Å². The van der Waals surface area contributed by atoms with Crippen LogP contribution < -0.4 is 26.2 Å². The molecular formula is C58H61BN2. The second kappa shape index (κ2) is 14.4. The second-order valence-corrected chi connectivity index (χ2v) is 21.3. The monoisotopic (exact) mass is 796 g/mol. The van der Waals surface area contributed by atoms with Crippen LogP contribution in [0, 0.1) is 6.92 Å². The lowest BCUT2D eigenvalue weighted by Gasteiger charge is -2.45. The fourth-order valence-electron chi connectivity index (χ4n) is 9.70. The van der Waals surface area contributed by atoms with Crippen LogP contribution in [0.1, 0.15) is 110 Å². The smallest absolute Gasteiger partial charge is 0.252 e. The topological polar surface area (TPSA) is 6.48 Å². The highest BCUT2D eigenvalue weighted by molar-refractivity contribution is 7.00. The molecule has 0 atom stereocenters. The van der Waals surface area contributed by atoms with Gasteiger partial charge in [-0.15, -0.1) is 0 Å². The van der Waals surface area contributed by atoms with Crippen molar-refractivity contribution >= 4 is 57.2 Å². The molecule has 306 valence electrons. The molecule has 0 saturated heterocycles. The van der Waals surface area contributed by atoms with E-state index in [0.29, 0.717) is 0 Å². The lowest BCUT2D eigenvalue weighted by Crippen LogP contribution is -2.61. The number of hydrogen-bond donors (Lipinski definition) is 0. The molecule has 7 aromatic rings. The van der Waals surface area contributed by atoms with E-state index in [1.807, 2.05) is 0 Å². The van der Waals surface area contributed by atoms with Crippen LogP contribution in [-0.4, -0.2) is 6.71 Å². The molecule has 0 N–H and O–H groups in total. The van der Waals surface area contributed by atoms with Gasteiger partial charge in [0.25, 0.3) is 6.71 Å². The van der Waals surface area contributed by atoms with Crippen molar-refractivity contribution in [1.29, 1.82) is 0 Å². The predicted octanol–water partition coefficient (Wildman–Crippen LogP) is 14.0. The van der Waals surface area contributed by atoms with Crippen molar-refractivity contribution in [2.24, 2.45) is 0 Å². The van der Waals surface area contributed by atoms with Crippen LogP contribution in [0.25, 0.3) is 11.1 Å². The summed E-state index contributed by atoms with van der Waals surface area (Å²) in [5.74, 6) is 0. The minimum atomic E-state index is -0.201. The van der Waals surface area contributed by atoms with Gasteiger partial charge in [0.2, 0.25) is 0 Å². The summed E-state index contributed by atoms with van der Waals surface area (Å²) in [6.07, 6.45) is 0. The highest BCUT2D eigenvalue weighted by Crippen LogP contribution is 2.49. The summed E-state index contributed by atoms with van der Waals surface area (Å²) < 4.78 is 0. The lowest BCUT2D eigenvalue weighted by atomic mass is 9.33. The maximum absolute atomic E-state index is 2.62. The standard InChI is InChI=1S/C58H61BN2/c1-38-32-52-54-53(33-38)61(49-31-28-44(35-46(49)39-20-15-13-16-21-39)58(11,12)40-22-17-14-18-23-40)51-37-43(57(8,9)10)27-30-48(51)59(54)47-29-26-42(56(5,6)7)36-50(47)60(52)45-25-19-24-41(34-45)55(2,3)4/h13-37H,1-12H3. The first kappa shape index (κ1) is 40.6. The Labute approximate surface area is 366 Å². The predicted molar refractivity (Wildman–Crippen MR) is 265 cm³/mol. The van der Waals surface area contributed by atoms with Crippen molar-refractivity contribution in [2.75, 3.05) is 9.80 Å². The van der Waals surface area contributed by atoms with Crippen LogP contribution in [0.4, 0.5) is 34.1 Å². The van der Waals surface area contributed by atoms with Crippen molar-refractivity contribution in [3.05, 3.63) is 185 Å². The third kappa shape index (κ3) is 7.01. The quantitative estimate of drug-likeness (QED) is 0.160. The molecule has 61 heavy (non-hydrogen) atoms. The number of nitrogens with zero attached hydrogens (tertiary/aromatic N) is 2. The summed E-state index contributed by atoms with van der Waals surface area (Å²) in [5.41, 5.74) is 21.5. The van der Waals surface area contributed by atoms with E-state index in [4.69, 9.17) is 0 Å². The van der Waals surface area contributed by atoms with Gasteiger partial charge < -0.3 is 9.80 Å². The molecule has 2 aliphatic heterocycles. The Morgan fingerprint density at radius 2 is 0.869 bits per heavy atom. The van der Waals surface area contributed by atoms with E-state index in [0.717, 1.165) is 0 Å². The van der Waals surface area contributed by atoms with Gasteiger partial charge in [-0.1, -0.05) is 179 Å². The van der Waals surface area contributed by atoms with Gasteiger partial charge in [0.1, 0.15) is 0 Å². The Morgan fingerprint density at radius 1 is 0.377 bits per heavy atom. The van der Waals surface area contributed by atoms with E-state index in [2.05, 4.69) is 245 Å². The molecule has 0 amide bonds. The van der Waals surface area contributed by atoms with E-state index in [1.54, 1.807) is 0 Å². The summed E-state index contributed by atoms with van der Waals surface area (Å²) in [6.45, 7) is 28.0. The molecular weight excluding hydrogens is 735 g/mol. The van der Waals surface area contributed by atoms with Gasteiger partial charge in [0.05, 0.1) is 5.69 Å². The zero-order valence-corrected chi connectivity index (χ0v) is 38.4. The lowest BCUT2D eigenvalue weighted by molar-refractivity contribution is 0.590. The number of aryl methyl sites for hydroxylation is 1. The Balaban J connectivity index is 1.38. The van der Waals surface area contributed by atoms with Crippen molar-refractivity contribution < 1.29 is 0 Å². The molecule has 0 bridgehead atoms. The molecule has 0 saturated carbocycles. The second-order valence-electron chi connectivity index (χ2n) is 21.3. The fraction of sp³-hybridized carbons (Fsp3) is 0.276. The summed E-state index contributed by atoms with van der Waals surface area (Å²) in [6, 6.07) is 58.0. The number of benzene rings is 7. The summed E-state index contributed by atoms with van der Waals surface area (Å²) in [7, 11) is 0. The molecule has 7 aromatic carbocycles. The van der Waals surface area contributed by atoms with Crippen LogP contribution in [0.2, 0.25) is 0 Å². The summed E-state index contributed by atoms with van der Waals surface area (Å²) in [5, 5.41) is 0. The normalized spacial score (nSPS) is 13.8. The maximum Gasteiger partial charge on any atom is 0.252 e. The van der Waals surface area contributed by atoms with E-state index < -0.39 is 0 Å². The molecule has 0 radical (unpaired) electrons. The number of fused-ring (bicyclic) bond motifs is 4. The maximum atomic E-state index is 2.62. The first-order chi connectivity index (χ1) is 28.8. The molecule has 2 nitrogen and oxygen atoms in total. The third-order valence-electron chi connectivity index (χ3n) is 13.5. The molecule has 9 rings (SSSR count). The zero-order valence-electron chi connectivity index (χ0n) is 38.4. The number of rotatable bonds is 5. The van der Waals surface area contributed by atoms with E-state index in [-0.39, 0.29) is 28.4 Å². The first-order valence-corrected chi connectivity index (χ1v) is 22.2. The van der Waals surface area contributed by atoms with Gasteiger partial charge >= 0.3 is 0 Å². The molecule has 0 fully saturated rings. The SMILES string of the molecule is Cc1cc2c3c(c1)N(c1ccc(C(C)(C)c4ccccc4)cc1-c1ccccc1)c1cc(C(C)(C)C)ccc1B3c1ccc(C(C)(C)C)cc1N2c1cccc(C(C)(C)C)c1. The van der Waals surface area contributed by atoms with Crippen molar-refractivity contribution in [2.45, 2.75) is 105 Å². The third-order valence-corrected chi connectivity index (χ3v) is 13.5. The van der Waals surface area contributed by atoms with Gasteiger partial charge in [0, 0.05) is 39.4 Å². The van der Waals surface area contributed by atoms with Crippen LogP contribution in [0.5, 0.6) is 0 Å². The molecule has 0 aromatic heterocycles. The van der Waals surface area contributed by atoms with Crippen LogP contribution in [0.15, 0.2) is 152 Å². The van der Waals surface area contributed by atoms with E-state index in [9.17, 15) is 0 Å². The Bertz CT molecular complexity index is 2790. The van der Waals surface area contributed by atoms with Crippen LogP contribution in [0.3, 0.4) is 0 Å². The first-order valence-electron chi connectivity index (χ1n) is 22.2. The molecule has 2 aliphatic rings. The van der Waals surface area contributed by atoms with Gasteiger partial charge in [-0.2, -0.15) is 0 Å². The number of hydrogen-bond acceptors (Lipinski definition) is 2. The summed E-state index contributed by atoms with van der Waals surface area (Å²) >= 11 is 0. The van der Waals surface area contributed by atoms with Gasteiger partial charge in [-0.3, -0.25) is 0 Å². The molecule has 0 spiro atoms. The highest BCUT2D eigenvalue weighted by Gasteiger charge is 2.44. The minimum absolute atomic E-state index is 0.00598. The Hall–Kier alpha value is -5.80. The van der Waals surface area contributed by atoms with Crippen molar-refractivity contribution in [3.8, 4) is 11.1 Å². The molecule has 2 heterocycles. The molecule has 0 aliphatic carbocycles. The molecule has 3 heteroatoms. The summed E-state index contributed by atoms with van der Waals surface area (Å²) in [4.78, 5) is 5.20.